The molecule has 6 nitrogen and oxygen atoms in total. The Morgan fingerprint density at radius 3 is 3.04 bits per heavy atom. The fraction of sp³-hybridized carbons (Fsp3) is 0.111. The number of amides is 2. The molecule has 2 aromatic heterocycles. The van der Waals surface area contributed by atoms with Crippen LogP contribution in [0.4, 0.5) is 11.4 Å². The van der Waals surface area contributed by atoms with Crippen molar-refractivity contribution < 1.29 is 9.59 Å². The molecule has 0 unspecified atom stereocenters. The molecule has 0 radical (unpaired) electrons. The van der Waals surface area contributed by atoms with E-state index in [4.69, 9.17) is 0 Å². The zero-order valence-corrected chi connectivity index (χ0v) is 14.0. The van der Waals surface area contributed by atoms with Gasteiger partial charge in [0, 0.05) is 23.0 Å². The largest absolute Gasteiger partial charge is 0.326 e. The Kier molecular flexibility index (Phi) is 3.99. The number of anilines is 2. The molecule has 0 fully saturated rings. The summed E-state index contributed by atoms with van der Waals surface area (Å²) in [5, 5.41) is 8.29. The van der Waals surface area contributed by atoms with Crippen molar-refractivity contribution in [2.24, 2.45) is 0 Å². The van der Waals surface area contributed by atoms with E-state index in [1.165, 1.54) is 11.3 Å². The Labute approximate surface area is 148 Å². The molecule has 2 amide bonds. The smallest absolute Gasteiger partial charge is 0.230 e. The number of carbonyl (C=O) groups excluding carboxylic acids is 2. The summed E-state index contributed by atoms with van der Waals surface area (Å²) in [5.74, 6) is -0.168. The number of fused-ring (bicyclic) bond motifs is 1. The molecular formula is C18H14N4O2S. The average Bonchev–Trinajstić information content (AvgIpc) is 3.21. The quantitative estimate of drug-likeness (QED) is 0.758. The van der Waals surface area contributed by atoms with Gasteiger partial charge >= 0.3 is 0 Å². The minimum atomic E-state index is -0.143. The van der Waals surface area contributed by atoms with E-state index >= 15 is 0 Å². The van der Waals surface area contributed by atoms with Gasteiger partial charge < -0.3 is 10.6 Å². The van der Waals surface area contributed by atoms with Crippen LogP contribution in [0.1, 0.15) is 11.3 Å². The molecule has 4 rings (SSSR count). The maximum Gasteiger partial charge on any atom is 0.230 e. The standard InChI is InChI=1S/C18H14N4O2S/c23-16-8-11-7-12(4-5-14(11)22-16)20-17(24)9-13-10-25-18(21-13)15-3-1-2-6-19-15/h1-7,10H,8-9H2,(H,20,24)(H,22,23). The summed E-state index contributed by atoms with van der Waals surface area (Å²) in [6.45, 7) is 0. The Balaban J connectivity index is 1.42. The Morgan fingerprint density at radius 2 is 2.20 bits per heavy atom. The van der Waals surface area contributed by atoms with Crippen LogP contribution in [-0.4, -0.2) is 21.8 Å². The molecule has 1 aliphatic heterocycles. The van der Waals surface area contributed by atoms with Gasteiger partial charge in [0.25, 0.3) is 0 Å². The zero-order chi connectivity index (χ0) is 17.2. The summed E-state index contributed by atoms with van der Waals surface area (Å²) in [4.78, 5) is 32.4. The number of hydrogen-bond acceptors (Lipinski definition) is 5. The third-order valence-corrected chi connectivity index (χ3v) is 4.71. The molecule has 2 N–H and O–H groups in total. The van der Waals surface area contributed by atoms with Gasteiger partial charge in [0.1, 0.15) is 5.01 Å². The molecule has 124 valence electrons. The van der Waals surface area contributed by atoms with Crippen LogP contribution in [-0.2, 0) is 22.4 Å². The third-order valence-electron chi connectivity index (χ3n) is 3.79. The highest BCUT2D eigenvalue weighted by Gasteiger charge is 2.18. The maximum atomic E-state index is 12.2. The second-order valence-electron chi connectivity index (χ2n) is 5.68. The number of thiazole rings is 1. The van der Waals surface area contributed by atoms with Crippen molar-refractivity contribution in [3.8, 4) is 10.7 Å². The molecule has 3 heterocycles. The number of benzene rings is 1. The fourth-order valence-electron chi connectivity index (χ4n) is 2.67. The second kappa shape index (κ2) is 6.45. The van der Waals surface area contributed by atoms with E-state index in [0.717, 1.165) is 22.0 Å². The molecule has 25 heavy (non-hydrogen) atoms. The molecule has 0 bridgehead atoms. The molecule has 0 atom stereocenters. The van der Waals surface area contributed by atoms with Crippen molar-refractivity contribution in [3.05, 3.63) is 59.2 Å². The van der Waals surface area contributed by atoms with Crippen LogP contribution in [0, 0.1) is 0 Å². The Morgan fingerprint density at radius 1 is 1.28 bits per heavy atom. The molecule has 1 aromatic carbocycles. The number of hydrogen-bond donors (Lipinski definition) is 2. The molecule has 0 saturated carbocycles. The van der Waals surface area contributed by atoms with E-state index < -0.39 is 0 Å². The summed E-state index contributed by atoms with van der Waals surface area (Å²) in [7, 11) is 0. The predicted octanol–water partition coefficient (Wildman–Crippen LogP) is 2.88. The lowest BCUT2D eigenvalue weighted by Crippen LogP contribution is -2.14. The van der Waals surface area contributed by atoms with Crippen molar-refractivity contribution in [1.29, 1.82) is 0 Å². The first-order valence-electron chi connectivity index (χ1n) is 7.76. The summed E-state index contributed by atoms with van der Waals surface area (Å²) >= 11 is 1.47. The molecule has 3 aromatic rings. The number of carbonyl (C=O) groups is 2. The van der Waals surface area contributed by atoms with Gasteiger partial charge in [0.05, 0.1) is 24.2 Å². The van der Waals surface area contributed by atoms with Gasteiger partial charge in [-0.3, -0.25) is 14.6 Å². The van der Waals surface area contributed by atoms with Crippen LogP contribution >= 0.6 is 11.3 Å². The van der Waals surface area contributed by atoms with Gasteiger partial charge in [-0.05, 0) is 35.9 Å². The normalized spacial score (nSPS) is 12.6. The highest BCUT2D eigenvalue weighted by molar-refractivity contribution is 7.13. The highest BCUT2D eigenvalue weighted by atomic mass is 32.1. The maximum absolute atomic E-state index is 12.2. The SMILES string of the molecule is O=C(Cc1csc(-c2ccccn2)n1)Nc1ccc2c(c1)CC(=O)N2. The van der Waals surface area contributed by atoms with E-state index in [1.54, 1.807) is 18.3 Å². The molecule has 0 saturated heterocycles. The molecule has 1 aliphatic rings. The first kappa shape index (κ1) is 15.5. The van der Waals surface area contributed by atoms with Crippen molar-refractivity contribution in [3.63, 3.8) is 0 Å². The van der Waals surface area contributed by atoms with Crippen LogP contribution in [0.2, 0.25) is 0 Å². The lowest BCUT2D eigenvalue weighted by Gasteiger charge is -2.06. The van der Waals surface area contributed by atoms with Crippen molar-refractivity contribution in [1.82, 2.24) is 9.97 Å². The monoisotopic (exact) mass is 350 g/mol. The van der Waals surface area contributed by atoms with Gasteiger partial charge in [0.15, 0.2) is 0 Å². The van der Waals surface area contributed by atoms with Crippen LogP contribution < -0.4 is 10.6 Å². The summed E-state index contributed by atoms with van der Waals surface area (Å²) in [5.41, 5.74) is 3.90. The first-order valence-corrected chi connectivity index (χ1v) is 8.64. The molecule has 7 heteroatoms. The highest BCUT2D eigenvalue weighted by Crippen LogP contribution is 2.26. The fourth-order valence-corrected chi connectivity index (χ4v) is 3.47. The Bertz CT molecular complexity index is 953. The van der Waals surface area contributed by atoms with Gasteiger partial charge in [0.2, 0.25) is 11.8 Å². The van der Waals surface area contributed by atoms with E-state index in [9.17, 15) is 9.59 Å². The van der Waals surface area contributed by atoms with E-state index in [0.29, 0.717) is 17.8 Å². The van der Waals surface area contributed by atoms with Gasteiger partial charge in [-0.2, -0.15) is 0 Å². The molecule has 0 spiro atoms. The van der Waals surface area contributed by atoms with Crippen molar-refractivity contribution >= 4 is 34.5 Å². The topological polar surface area (TPSA) is 84.0 Å². The summed E-state index contributed by atoms with van der Waals surface area (Å²) in [6.07, 6.45) is 2.26. The number of nitrogens with zero attached hydrogens (tertiary/aromatic N) is 2. The first-order chi connectivity index (χ1) is 12.2. The van der Waals surface area contributed by atoms with Crippen molar-refractivity contribution in [2.45, 2.75) is 12.8 Å². The van der Waals surface area contributed by atoms with Crippen LogP contribution in [0.5, 0.6) is 0 Å². The lowest BCUT2D eigenvalue weighted by molar-refractivity contribution is -0.116. The number of nitrogens with one attached hydrogen (secondary N) is 2. The van der Waals surface area contributed by atoms with Gasteiger partial charge in [-0.1, -0.05) is 6.07 Å². The Hall–Kier alpha value is -3.06. The number of aromatic nitrogens is 2. The second-order valence-corrected chi connectivity index (χ2v) is 6.54. The van der Waals surface area contributed by atoms with Gasteiger partial charge in [-0.15, -0.1) is 11.3 Å². The zero-order valence-electron chi connectivity index (χ0n) is 13.2. The van der Waals surface area contributed by atoms with E-state index in [1.807, 2.05) is 29.6 Å². The van der Waals surface area contributed by atoms with Crippen LogP contribution in [0.25, 0.3) is 10.7 Å². The summed E-state index contributed by atoms with van der Waals surface area (Å²) < 4.78 is 0. The van der Waals surface area contributed by atoms with Crippen LogP contribution in [0.3, 0.4) is 0 Å². The number of rotatable bonds is 4. The lowest BCUT2D eigenvalue weighted by atomic mass is 10.1. The predicted molar refractivity (Wildman–Crippen MR) is 96.5 cm³/mol. The van der Waals surface area contributed by atoms with E-state index in [2.05, 4.69) is 20.6 Å². The van der Waals surface area contributed by atoms with Crippen LogP contribution in [0.15, 0.2) is 48.0 Å². The minimum absolute atomic E-state index is 0.0250. The molecular weight excluding hydrogens is 336 g/mol. The minimum Gasteiger partial charge on any atom is -0.326 e. The average molecular weight is 350 g/mol. The summed E-state index contributed by atoms with van der Waals surface area (Å²) in [6, 6.07) is 11.1. The number of pyridine rings is 1. The van der Waals surface area contributed by atoms with E-state index in [-0.39, 0.29) is 18.2 Å². The van der Waals surface area contributed by atoms with Crippen molar-refractivity contribution in [2.75, 3.05) is 10.6 Å². The molecule has 0 aliphatic carbocycles. The van der Waals surface area contributed by atoms with Gasteiger partial charge in [-0.25, -0.2) is 4.98 Å². The third kappa shape index (κ3) is 3.41.